The van der Waals surface area contributed by atoms with Gasteiger partial charge in [0.15, 0.2) is 31.2 Å². The third-order valence-electron chi connectivity index (χ3n) is 14.5. The summed E-state index contributed by atoms with van der Waals surface area (Å²) in [4.78, 5) is 0. The lowest BCUT2D eigenvalue weighted by Gasteiger charge is -2.46. The summed E-state index contributed by atoms with van der Waals surface area (Å²) in [6.07, 6.45) is 0.727. The lowest BCUT2D eigenvalue weighted by Crippen LogP contribution is -2.58. The second kappa shape index (κ2) is 28.3. The Bertz CT molecular complexity index is 1600. The zero-order valence-electron chi connectivity index (χ0n) is 42.9. The molecule has 0 bridgehead atoms. The lowest BCUT2D eigenvalue weighted by molar-refractivity contribution is -0.274. The standard InChI is InChI=1S/C49H91NO10SSi3/c1-17-62(18-2,19-3)59-45(48(58-61(16,51)52)47-46(60-63(20-4,21-5)22-6)35-55-49(57-47)44-26-24-23-25-27-44)31-43(34-54-36-53-15)29-28-42(32-50)30-40(13)41(14)33-56-64(37(7)8,38(9)10)39(11)12/h23-27,31,37-42,45-49H,17-22,28-30,33-36H2,1-16H3/b43-31+/t40-,41-,42?,45-,46+,47+,48+,49+/m0/s1. The van der Waals surface area contributed by atoms with E-state index in [-0.39, 0.29) is 37.8 Å². The highest BCUT2D eigenvalue weighted by molar-refractivity contribution is 7.86. The number of ether oxygens (including phenoxy) is 4. The molecule has 1 saturated heterocycles. The molecule has 1 aromatic rings. The molecule has 1 aliphatic rings. The van der Waals surface area contributed by atoms with Gasteiger partial charge in [0.05, 0.1) is 37.7 Å². The summed E-state index contributed by atoms with van der Waals surface area (Å²) in [5.74, 6) is 0.325. The minimum atomic E-state index is -4.06. The van der Waals surface area contributed by atoms with Crippen LogP contribution in [0.5, 0.6) is 0 Å². The number of benzene rings is 1. The third kappa shape index (κ3) is 17.0. The van der Waals surface area contributed by atoms with E-state index in [2.05, 4.69) is 103 Å². The zero-order chi connectivity index (χ0) is 48.3. The van der Waals surface area contributed by atoms with Crippen LogP contribution in [0.25, 0.3) is 0 Å². The van der Waals surface area contributed by atoms with Crippen molar-refractivity contribution in [2.75, 3.05) is 40.0 Å². The second-order valence-electron chi connectivity index (χ2n) is 19.4. The van der Waals surface area contributed by atoms with Crippen molar-refractivity contribution in [2.45, 2.75) is 200 Å². The molecule has 11 nitrogen and oxygen atoms in total. The smallest absolute Gasteiger partial charge is 0.264 e. The van der Waals surface area contributed by atoms with Crippen molar-refractivity contribution in [3.8, 4) is 6.07 Å². The minimum absolute atomic E-state index is 0.0728. The number of hydrogen-bond donors (Lipinski definition) is 0. The monoisotopic (exact) mass is 970 g/mol. The van der Waals surface area contributed by atoms with Gasteiger partial charge in [0.25, 0.3) is 10.1 Å². The van der Waals surface area contributed by atoms with Crippen LogP contribution in [-0.4, -0.2) is 97.8 Å². The van der Waals surface area contributed by atoms with Gasteiger partial charge in [0.2, 0.25) is 0 Å². The second-order valence-corrected chi connectivity index (χ2v) is 35.9. The fraction of sp³-hybridized carbons (Fsp3) is 0.816. The Kier molecular flexibility index (Phi) is 26.0. The molecule has 1 heterocycles. The molecule has 64 heavy (non-hydrogen) atoms. The number of methoxy groups -OCH3 is 1. The molecule has 1 aliphatic heterocycles. The highest BCUT2D eigenvalue weighted by atomic mass is 32.2. The molecular weight excluding hydrogens is 879 g/mol. The highest BCUT2D eigenvalue weighted by Crippen LogP contribution is 2.43. The van der Waals surface area contributed by atoms with E-state index in [4.69, 9.17) is 36.4 Å². The van der Waals surface area contributed by atoms with Crippen molar-refractivity contribution < 1.29 is 44.8 Å². The van der Waals surface area contributed by atoms with Crippen LogP contribution in [0, 0.1) is 29.1 Å². The maximum absolute atomic E-state index is 13.5. The number of nitrogens with zero attached hydrogens (tertiary/aromatic N) is 1. The maximum atomic E-state index is 13.5. The fourth-order valence-corrected chi connectivity index (χ4v) is 21.7. The Labute approximate surface area is 394 Å². The normalized spacial score (nSPS) is 20.7. The van der Waals surface area contributed by atoms with E-state index in [1.54, 1.807) is 7.11 Å². The molecule has 0 aromatic heterocycles. The van der Waals surface area contributed by atoms with Gasteiger partial charge in [-0.15, -0.1) is 0 Å². The lowest BCUT2D eigenvalue weighted by atomic mass is 9.85. The Morgan fingerprint density at radius 2 is 1.42 bits per heavy atom. The van der Waals surface area contributed by atoms with E-state index in [1.807, 2.05) is 36.4 Å². The molecule has 0 amide bonds. The highest BCUT2D eigenvalue weighted by Gasteiger charge is 2.49. The van der Waals surface area contributed by atoms with Crippen LogP contribution in [0.3, 0.4) is 0 Å². The van der Waals surface area contributed by atoms with E-state index in [9.17, 15) is 13.7 Å². The van der Waals surface area contributed by atoms with Crippen molar-refractivity contribution >= 4 is 35.1 Å². The topological polar surface area (TPSA) is 132 Å². The van der Waals surface area contributed by atoms with E-state index in [0.29, 0.717) is 36.1 Å². The quantitative estimate of drug-likeness (QED) is 0.0225. The molecule has 1 aromatic carbocycles. The van der Waals surface area contributed by atoms with Crippen molar-refractivity contribution in [3.63, 3.8) is 0 Å². The van der Waals surface area contributed by atoms with Crippen LogP contribution in [-0.2, 0) is 46.5 Å². The van der Waals surface area contributed by atoms with Crippen LogP contribution >= 0.6 is 0 Å². The van der Waals surface area contributed by atoms with Crippen molar-refractivity contribution in [1.82, 2.24) is 0 Å². The summed E-state index contributed by atoms with van der Waals surface area (Å²) < 4.78 is 79.4. The summed E-state index contributed by atoms with van der Waals surface area (Å²) in [5.41, 5.74) is 3.20. The average molecular weight is 971 g/mol. The van der Waals surface area contributed by atoms with E-state index < -0.39 is 65.8 Å². The maximum Gasteiger partial charge on any atom is 0.264 e. The molecule has 0 spiro atoms. The van der Waals surface area contributed by atoms with Crippen LogP contribution in [0.4, 0.5) is 0 Å². The Hall–Kier alpha value is -1.27. The average Bonchev–Trinajstić information content (AvgIpc) is 3.27. The molecule has 0 radical (unpaired) electrons. The summed E-state index contributed by atoms with van der Waals surface area (Å²) in [7, 11) is -9.23. The first kappa shape index (κ1) is 58.9. The summed E-state index contributed by atoms with van der Waals surface area (Å²) >= 11 is 0. The largest absolute Gasteiger partial charge is 0.416 e. The summed E-state index contributed by atoms with van der Waals surface area (Å²) in [6.45, 7) is 32.5. The summed E-state index contributed by atoms with van der Waals surface area (Å²) in [6, 6.07) is 17.5. The molecule has 2 rings (SSSR count). The van der Waals surface area contributed by atoms with Crippen LogP contribution in [0.15, 0.2) is 42.0 Å². The van der Waals surface area contributed by atoms with Gasteiger partial charge >= 0.3 is 0 Å². The van der Waals surface area contributed by atoms with Crippen LogP contribution in [0.2, 0.25) is 52.9 Å². The first-order valence-corrected chi connectivity index (χ1v) is 33.6. The first-order valence-electron chi connectivity index (χ1n) is 24.6. The molecule has 0 aliphatic carbocycles. The molecule has 1 fully saturated rings. The van der Waals surface area contributed by atoms with E-state index >= 15 is 0 Å². The predicted molar refractivity (Wildman–Crippen MR) is 268 cm³/mol. The van der Waals surface area contributed by atoms with Gasteiger partial charge in [0.1, 0.15) is 19.0 Å². The van der Waals surface area contributed by atoms with Crippen LogP contribution in [0.1, 0.15) is 128 Å². The minimum Gasteiger partial charge on any atom is -0.416 e. The molecule has 1 unspecified atom stereocenters. The molecule has 8 atom stereocenters. The molecule has 0 saturated carbocycles. The first-order chi connectivity index (χ1) is 30.2. The zero-order valence-corrected chi connectivity index (χ0v) is 46.8. The van der Waals surface area contributed by atoms with Gasteiger partial charge in [-0.2, -0.15) is 13.7 Å². The van der Waals surface area contributed by atoms with Gasteiger partial charge in [-0.3, -0.25) is 4.18 Å². The van der Waals surface area contributed by atoms with E-state index in [1.165, 1.54) is 0 Å². The van der Waals surface area contributed by atoms with Crippen molar-refractivity contribution in [3.05, 3.63) is 47.5 Å². The molecular formula is C49H91NO10SSi3. The van der Waals surface area contributed by atoms with Crippen molar-refractivity contribution in [2.24, 2.45) is 17.8 Å². The third-order valence-corrected chi connectivity index (χ3v) is 30.5. The fourth-order valence-electron chi connectivity index (χ4n) is 9.93. The van der Waals surface area contributed by atoms with Gasteiger partial charge in [0, 0.05) is 25.2 Å². The molecule has 370 valence electrons. The Morgan fingerprint density at radius 3 is 1.91 bits per heavy atom. The number of hydrogen-bond acceptors (Lipinski definition) is 11. The van der Waals surface area contributed by atoms with E-state index in [0.717, 1.165) is 60.1 Å². The number of nitriles is 1. The van der Waals surface area contributed by atoms with Crippen molar-refractivity contribution in [1.29, 1.82) is 5.26 Å². The number of rotatable bonds is 32. The summed E-state index contributed by atoms with van der Waals surface area (Å²) in [5, 5.41) is 10.6. The Balaban J connectivity index is 2.70. The van der Waals surface area contributed by atoms with Gasteiger partial charge in [-0.05, 0) is 89.6 Å². The molecule has 15 heteroatoms. The predicted octanol–water partition coefficient (Wildman–Crippen LogP) is 12.5. The van der Waals surface area contributed by atoms with Gasteiger partial charge < -0.3 is 32.2 Å². The molecule has 0 N–H and O–H groups in total. The van der Waals surface area contributed by atoms with Gasteiger partial charge in [-0.25, -0.2) is 0 Å². The van der Waals surface area contributed by atoms with Gasteiger partial charge in [-0.1, -0.05) is 133 Å². The SMILES string of the molecule is CC[Si](CC)(CC)O[C@@H](/C=C(\CCC(C#N)C[C@H](C)[C@@H](C)CO[Si](C(C)C)(C(C)C)C(C)C)COCOC)[C@@H](OS(C)(=O)=O)[C@@H]1O[C@H](c2ccccc2)OC[C@H]1O[Si](CC)(CC)CC. The van der Waals surface area contributed by atoms with Crippen LogP contribution < -0.4 is 0 Å². The Morgan fingerprint density at radius 1 is 0.859 bits per heavy atom.